The zero-order valence-electron chi connectivity index (χ0n) is 9.68. The molecule has 0 aliphatic carbocycles. The summed E-state index contributed by atoms with van der Waals surface area (Å²) in [5, 5.41) is 9.00. The van der Waals surface area contributed by atoms with Gasteiger partial charge in [0.1, 0.15) is 0 Å². The molecule has 1 heteroatoms. The SMILES string of the molecule is CCCCCCC#CCCCC(C)O. The van der Waals surface area contributed by atoms with Gasteiger partial charge in [-0.3, -0.25) is 0 Å². The summed E-state index contributed by atoms with van der Waals surface area (Å²) in [7, 11) is 0. The Labute approximate surface area is 88.9 Å². The molecule has 1 atom stereocenters. The van der Waals surface area contributed by atoms with Gasteiger partial charge in [-0.2, -0.15) is 0 Å². The molecule has 0 fully saturated rings. The van der Waals surface area contributed by atoms with Crippen LogP contribution in [-0.2, 0) is 0 Å². The van der Waals surface area contributed by atoms with Crippen LogP contribution in [0.1, 0.15) is 65.2 Å². The number of unbranched alkanes of at least 4 members (excludes halogenated alkanes) is 5. The van der Waals surface area contributed by atoms with Crippen molar-refractivity contribution in [2.24, 2.45) is 0 Å². The van der Waals surface area contributed by atoms with Crippen molar-refractivity contribution in [3.05, 3.63) is 0 Å². The summed E-state index contributed by atoms with van der Waals surface area (Å²) < 4.78 is 0. The molecular formula is C13H24O. The predicted molar refractivity (Wildman–Crippen MR) is 62.1 cm³/mol. The lowest BCUT2D eigenvalue weighted by atomic mass is 10.1. The second kappa shape index (κ2) is 10.6. The van der Waals surface area contributed by atoms with Gasteiger partial charge in [0.05, 0.1) is 6.10 Å². The highest BCUT2D eigenvalue weighted by Crippen LogP contribution is 2.02. The molecule has 0 aliphatic rings. The maximum Gasteiger partial charge on any atom is 0.0512 e. The monoisotopic (exact) mass is 196 g/mol. The Bertz CT molecular complexity index is 162. The van der Waals surface area contributed by atoms with Gasteiger partial charge in [-0.05, 0) is 26.2 Å². The minimum Gasteiger partial charge on any atom is -0.393 e. The predicted octanol–water partition coefficient (Wildman–Crippen LogP) is 3.51. The zero-order valence-corrected chi connectivity index (χ0v) is 9.68. The zero-order chi connectivity index (χ0) is 10.6. The highest BCUT2D eigenvalue weighted by Gasteiger charge is 1.92. The van der Waals surface area contributed by atoms with Crippen molar-refractivity contribution in [3.63, 3.8) is 0 Å². The van der Waals surface area contributed by atoms with Crippen LogP contribution < -0.4 is 0 Å². The van der Waals surface area contributed by atoms with Crippen LogP contribution in [0.3, 0.4) is 0 Å². The van der Waals surface area contributed by atoms with Crippen LogP contribution in [0.15, 0.2) is 0 Å². The molecule has 0 saturated carbocycles. The van der Waals surface area contributed by atoms with E-state index < -0.39 is 0 Å². The van der Waals surface area contributed by atoms with Gasteiger partial charge >= 0.3 is 0 Å². The second-order valence-corrected chi connectivity index (χ2v) is 3.91. The summed E-state index contributed by atoms with van der Waals surface area (Å²) in [4.78, 5) is 0. The van der Waals surface area contributed by atoms with Crippen molar-refractivity contribution in [2.45, 2.75) is 71.3 Å². The summed E-state index contributed by atoms with van der Waals surface area (Å²) in [6.45, 7) is 4.06. The van der Waals surface area contributed by atoms with Gasteiger partial charge in [-0.25, -0.2) is 0 Å². The Morgan fingerprint density at radius 1 is 1.00 bits per heavy atom. The first-order valence-electron chi connectivity index (χ1n) is 5.91. The number of aliphatic hydroxyl groups is 1. The largest absolute Gasteiger partial charge is 0.393 e. The third kappa shape index (κ3) is 11.5. The molecular weight excluding hydrogens is 172 g/mol. The average Bonchev–Trinajstić information content (AvgIpc) is 2.15. The molecule has 1 N–H and O–H groups in total. The molecule has 82 valence electrons. The average molecular weight is 196 g/mol. The lowest BCUT2D eigenvalue weighted by molar-refractivity contribution is 0.182. The third-order valence-electron chi connectivity index (χ3n) is 2.20. The summed E-state index contributed by atoms with van der Waals surface area (Å²) in [6.07, 6.45) is 8.93. The molecule has 0 spiro atoms. The fraction of sp³-hybridized carbons (Fsp3) is 0.846. The molecule has 0 amide bonds. The first-order chi connectivity index (χ1) is 6.77. The summed E-state index contributed by atoms with van der Waals surface area (Å²) >= 11 is 0. The summed E-state index contributed by atoms with van der Waals surface area (Å²) in [5.74, 6) is 6.34. The summed E-state index contributed by atoms with van der Waals surface area (Å²) in [6, 6.07) is 0. The van der Waals surface area contributed by atoms with E-state index >= 15 is 0 Å². The molecule has 0 rings (SSSR count). The normalized spacial score (nSPS) is 11.9. The first kappa shape index (κ1) is 13.5. The van der Waals surface area contributed by atoms with Crippen LogP contribution in [-0.4, -0.2) is 11.2 Å². The van der Waals surface area contributed by atoms with Crippen molar-refractivity contribution < 1.29 is 5.11 Å². The van der Waals surface area contributed by atoms with Crippen molar-refractivity contribution in [3.8, 4) is 11.8 Å². The molecule has 0 saturated heterocycles. The lowest BCUT2D eigenvalue weighted by Gasteiger charge is -1.98. The molecule has 0 aromatic heterocycles. The van der Waals surface area contributed by atoms with Gasteiger partial charge in [0, 0.05) is 12.8 Å². The van der Waals surface area contributed by atoms with Gasteiger partial charge in [0.2, 0.25) is 0 Å². The van der Waals surface area contributed by atoms with Gasteiger partial charge in [-0.15, -0.1) is 11.8 Å². The first-order valence-corrected chi connectivity index (χ1v) is 5.91. The van der Waals surface area contributed by atoms with E-state index in [2.05, 4.69) is 18.8 Å². The molecule has 0 radical (unpaired) electrons. The highest BCUT2D eigenvalue weighted by molar-refractivity contribution is 4.98. The number of rotatable bonds is 7. The highest BCUT2D eigenvalue weighted by atomic mass is 16.3. The van der Waals surface area contributed by atoms with Crippen LogP contribution in [0.2, 0.25) is 0 Å². The van der Waals surface area contributed by atoms with Crippen molar-refractivity contribution in [1.82, 2.24) is 0 Å². The van der Waals surface area contributed by atoms with E-state index in [0.717, 1.165) is 25.7 Å². The Kier molecular flexibility index (Phi) is 10.2. The second-order valence-electron chi connectivity index (χ2n) is 3.91. The number of aliphatic hydroxyl groups excluding tert-OH is 1. The van der Waals surface area contributed by atoms with Crippen LogP contribution in [0.25, 0.3) is 0 Å². The molecule has 0 aromatic carbocycles. The number of hydrogen-bond acceptors (Lipinski definition) is 1. The molecule has 14 heavy (non-hydrogen) atoms. The van der Waals surface area contributed by atoms with Gasteiger partial charge in [-0.1, -0.05) is 26.2 Å². The molecule has 0 aromatic rings. The quantitative estimate of drug-likeness (QED) is 0.488. The topological polar surface area (TPSA) is 20.2 Å². The van der Waals surface area contributed by atoms with Gasteiger partial charge in [0.15, 0.2) is 0 Å². The molecule has 1 unspecified atom stereocenters. The Balaban J connectivity index is 3.10. The molecule has 0 aliphatic heterocycles. The minimum atomic E-state index is -0.165. The van der Waals surface area contributed by atoms with E-state index in [1.54, 1.807) is 0 Å². The number of hydrogen-bond donors (Lipinski definition) is 1. The Morgan fingerprint density at radius 2 is 1.64 bits per heavy atom. The Morgan fingerprint density at radius 3 is 2.21 bits per heavy atom. The smallest absolute Gasteiger partial charge is 0.0512 e. The van der Waals surface area contributed by atoms with Crippen LogP contribution in [0.5, 0.6) is 0 Å². The molecule has 1 nitrogen and oxygen atoms in total. The Hall–Kier alpha value is -0.480. The van der Waals surface area contributed by atoms with E-state index in [1.165, 1.54) is 25.7 Å². The van der Waals surface area contributed by atoms with Crippen LogP contribution in [0, 0.1) is 11.8 Å². The van der Waals surface area contributed by atoms with E-state index in [4.69, 9.17) is 5.11 Å². The van der Waals surface area contributed by atoms with E-state index in [9.17, 15) is 0 Å². The van der Waals surface area contributed by atoms with Gasteiger partial charge in [0.25, 0.3) is 0 Å². The lowest BCUT2D eigenvalue weighted by Crippen LogP contribution is -1.97. The van der Waals surface area contributed by atoms with Crippen molar-refractivity contribution >= 4 is 0 Å². The standard InChI is InChI=1S/C13H24O/c1-3-4-5-6-7-8-9-10-11-12-13(2)14/h13-14H,3-7,10-12H2,1-2H3. The van der Waals surface area contributed by atoms with Crippen molar-refractivity contribution in [1.29, 1.82) is 0 Å². The van der Waals surface area contributed by atoms with Gasteiger partial charge < -0.3 is 5.11 Å². The third-order valence-corrected chi connectivity index (χ3v) is 2.20. The molecule has 0 bridgehead atoms. The maximum absolute atomic E-state index is 9.00. The summed E-state index contributed by atoms with van der Waals surface area (Å²) in [5.41, 5.74) is 0. The minimum absolute atomic E-state index is 0.165. The fourth-order valence-corrected chi connectivity index (χ4v) is 1.30. The van der Waals surface area contributed by atoms with E-state index in [1.807, 2.05) is 6.92 Å². The maximum atomic E-state index is 9.00. The van der Waals surface area contributed by atoms with Crippen LogP contribution in [0.4, 0.5) is 0 Å². The van der Waals surface area contributed by atoms with Crippen molar-refractivity contribution in [2.75, 3.05) is 0 Å². The fourth-order valence-electron chi connectivity index (χ4n) is 1.30. The molecule has 0 heterocycles. The van der Waals surface area contributed by atoms with E-state index in [-0.39, 0.29) is 6.10 Å². The van der Waals surface area contributed by atoms with E-state index in [0.29, 0.717) is 0 Å². The van der Waals surface area contributed by atoms with Crippen LogP contribution >= 0.6 is 0 Å².